The number of aliphatic hydroxyl groups excluding tert-OH is 4. The lowest BCUT2D eigenvalue weighted by Gasteiger charge is -2.49. The summed E-state index contributed by atoms with van der Waals surface area (Å²) in [6.07, 6.45) is 7.80. The normalized spacial score (nSPS) is 20.6. The van der Waals surface area contributed by atoms with Crippen molar-refractivity contribution in [1.82, 2.24) is 39.9 Å². The van der Waals surface area contributed by atoms with E-state index < -0.39 is 48.5 Å². The van der Waals surface area contributed by atoms with Gasteiger partial charge in [0.2, 0.25) is 23.8 Å². The monoisotopic (exact) mass is 1580 g/mol. The van der Waals surface area contributed by atoms with Gasteiger partial charge in [-0.15, -0.1) is 0 Å². The Balaban J connectivity index is 0.000000174. The van der Waals surface area contributed by atoms with E-state index in [1.54, 1.807) is 60.7 Å². The summed E-state index contributed by atoms with van der Waals surface area (Å²) in [7, 11) is 0. The van der Waals surface area contributed by atoms with Crippen LogP contribution in [0.1, 0.15) is 163 Å². The molecule has 604 valence electrons. The van der Waals surface area contributed by atoms with Crippen molar-refractivity contribution in [2.75, 3.05) is 68.7 Å². The number of aromatic nitrogens is 8. The van der Waals surface area contributed by atoms with E-state index in [1.807, 2.05) is 61.5 Å². The molecule has 4 fully saturated rings. The smallest absolute Gasteiger partial charge is 0.290 e. The SMILES string of the molecule is CC(F)(F)c1ccc(CCNc2ncc(C#N)c(N[C@@H]3C[C@H](O)C3(C)C)n2)cc1.CC(F)(F)c1cccc(CCNc2ncc(C#N)c(N[C@@H]3C[C@H](O)C3(C)C)n2)c1.CC(F)(F)c1ccccc1CCNc1ncc(C#N)c(N[C@@H]2C[C@H](O)C2(C)C)n1.CC1(C)[C@@H](O)C[C@H]1Nc1nc(NCC(F)(F)c2ccccc2)ncc1C#N. The Labute approximate surface area is 657 Å². The quantitative estimate of drug-likeness (QED) is 0.0213. The van der Waals surface area contributed by atoms with E-state index >= 15 is 0 Å². The van der Waals surface area contributed by atoms with Crippen molar-refractivity contribution in [3.05, 3.63) is 189 Å². The number of hydrogen-bond acceptors (Lipinski definition) is 24. The van der Waals surface area contributed by atoms with Crippen LogP contribution in [0.3, 0.4) is 0 Å². The first kappa shape index (κ1) is 86.8. The van der Waals surface area contributed by atoms with Crippen LogP contribution in [-0.2, 0) is 43.0 Å². The Morgan fingerprint density at radius 2 is 0.719 bits per heavy atom. The number of hydrogen-bond donors (Lipinski definition) is 12. The van der Waals surface area contributed by atoms with Crippen molar-refractivity contribution >= 4 is 47.1 Å². The molecule has 0 radical (unpaired) electrons. The molecule has 4 aliphatic carbocycles. The lowest BCUT2D eigenvalue weighted by Crippen LogP contribution is -2.57. The maximum absolute atomic E-state index is 14.3. The Morgan fingerprint density at radius 1 is 0.386 bits per heavy atom. The zero-order chi connectivity index (χ0) is 83.4. The van der Waals surface area contributed by atoms with E-state index in [9.17, 15) is 76.6 Å². The Bertz CT molecular complexity index is 4790. The molecule has 32 heteroatoms. The molecule has 12 N–H and O–H groups in total. The second kappa shape index (κ2) is 35.9. The number of halogens is 8. The summed E-state index contributed by atoms with van der Waals surface area (Å²) in [5.41, 5.74) is 2.04. The highest BCUT2D eigenvalue weighted by Crippen LogP contribution is 2.46. The third-order valence-corrected chi connectivity index (χ3v) is 21.9. The summed E-state index contributed by atoms with van der Waals surface area (Å²) in [6, 6.07) is 34.7. The van der Waals surface area contributed by atoms with Gasteiger partial charge in [-0.1, -0.05) is 152 Å². The summed E-state index contributed by atoms with van der Waals surface area (Å²) in [5, 5.41) is 101. The molecule has 8 aromatic rings. The van der Waals surface area contributed by atoms with Gasteiger partial charge in [0.05, 0.1) is 55.7 Å². The van der Waals surface area contributed by atoms with E-state index in [1.165, 1.54) is 67.3 Å². The second-order valence-corrected chi connectivity index (χ2v) is 31.5. The summed E-state index contributed by atoms with van der Waals surface area (Å²) < 4.78 is 110. The third kappa shape index (κ3) is 21.6. The molecule has 4 aromatic carbocycles. The van der Waals surface area contributed by atoms with Crippen molar-refractivity contribution in [2.24, 2.45) is 21.7 Å². The fourth-order valence-electron chi connectivity index (χ4n) is 12.9. The molecule has 4 aromatic heterocycles. The van der Waals surface area contributed by atoms with Crippen LogP contribution in [0.4, 0.5) is 82.2 Å². The Morgan fingerprint density at radius 3 is 1.06 bits per heavy atom. The fraction of sp³-hybridized carbons (Fsp3) is 0.463. The molecule has 0 amide bonds. The first-order valence-electron chi connectivity index (χ1n) is 37.2. The molecule has 4 aliphatic rings. The van der Waals surface area contributed by atoms with Crippen LogP contribution in [0.25, 0.3) is 0 Å². The fourth-order valence-corrected chi connectivity index (χ4v) is 12.9. The summed E-state index contributed by atoms with van der Waals surface area (Å²) >= 11 is 0. The van der Waals surface area contributed by atoms with Crippen LogP contribution in [0, 0.1) is 67.0 Å². The number of alkyl halides is 8. The topological polar surface area (TPSA) is 375 Å². The summed E-state index contributed by atoms with van der Waals surface area (Å²) in [4.78, 5) is 33.7. The molecule has 8 atom stereocenters. The van der Waals surface area contributed by atoms with Gasteiger partial charge in [-0.05, 0) is 67.7 Å². The van der Waals surface area contributed by atoms with Crippen LogP contribution in [0.5, 0.6) is 0 Å². The molecule has 0 saturated heterocycles. The maximum Gasteiger partial charge on any atom is 0.290 e. The largest absolute Gasteiger partial charge is 0.392 e. The molecule has 12 rings (SSSR count). The highest BCUT2D eigenvalue weighted by atomic mass is 19.3. The average Bonchev–Trinajstić information content (AvgIpc) is 0.779. The van der Waals surface area contributed by atoms with Gasteiger partial charge >= 0.3 is 0 Å². The molecular formula is C82H96F8N20O4. The van der Waals surface area contributed by atoms with Gasteiger partial charge in [0.1, 0.15) is 69.8 Å². The number of benzene rings is 4. The third-order valence-electron chi connectivity index (χ3n) is 21.9. The highest BCUT2D eigenvalue weighted by Gasteiger charge is 2.51. The number of rotatable bonds is 27. The number of nitrogens with one attached hydrogen (secondary N) is 8. The van der Waals surface area contributed by atoms with Crippen molar-refractivity contribution in [3.63, 3.8) is 0 Å². The number of aliphatic hydroxyl groups is 4. The molecule has 114 heavy (non-hydrogen) atoms. The summed E-state index contributed by atoms with van der Waals surface area (Å²) in [6.45, 7) is 18.9. The van der Waals surface area contributed by atoms with Gasteiger partial charge in [-0.25, -0.2) is 46.3 Å². The van der Waals surface area contributed by atoms with Gasteiger partial charge in [-0.3, -0.25) is 0 Å². The van der Waals surface area contributed by atoms with Gasteiger partial charge in [0, 0.05) is 108 Å². The Kier molecular flexibility index (Phi) is 27.3. The molecule has 0 spiro atoms. The van der Waals surface area contributed by atoms with E-state index in [4.69, 9.17) is 0 Å². The van der Waals surface area contributed by atoms with Crippen molar-refractivity contribution in [2.45, 2.75) is 193 Å². The Hall–Kier alpha value is -11.2. The predicted molar refractivity (Wildman–Crippen MR) is 418 cm³/mol. The summed E-state index contributed by atoms with van der Waals surface area (Å²) in [5.74, 6) is -9.15. The molecule has 0 bridgehead atoms. The first-order chi connectivity index (χ1) is 53.6. The van der Waals surface area contributed by atoms with Crippen LogP contribution >= 0.6 is 0 Å². The van der Waals surface area contributed by atoms with Gasteiger partial charge in [0.25, 0.3) is 23.7 Å². The maximum atomic E-state index is 14.3. The number of nitrogens with zero attached hydrogens (tertiary/aromatic N) is 12. The molecule has 4 saturated carbocycles. The van der Waals surface area contributed by atoms with E-state index in [0.717, 1.165) is 31.9 Å². The van der Waals surface area contributed by atoms with Crippen LogP contribution < -0.4 is 42.5 Å². The van der Waals surface area contributed by atoms with E-state index in [-0.39, 0.29) is 91.5 Å². The molecule has 0 unspecified atom stereocenters. The van der Waals surface area contributed by atoms with Crippen LogP contribution in [-0.4, -0.2) is 135 Å². The van der Waals surface area contributed by atoms with Crippen LogP contribution in [0.2, 0.25) is 0 Å². The zero-order valence-electron chi connectivity index (χ0n) is 65.2. The standard InChI is InChI=1S/3C21H25F2N5O.C19H21F2N5O/c1-20(2)16(10-17(20)29)27-18-14(11-24)12-26-19(28-18)25-9-8-13-4-6-15(7-5-13)21(3,22)23;1-20(2)16(10-17(20)29)27-18-14(11-24)12-26-19(28-18)25-8-7-13-5-4-6-15(9-13)21(3,22)23;1-20(2)16(10-17(20)29)27-18-14(11-24)12-26-19(28-18)25-9-8-13-6-4-5-7-15(13)21(3,22)23;1-18(2)14(8-15(18)27)25-16-12(9-22)10-23-17(26-16)24-11-19(20,21)13-6-4-3-5-7-13/h4-7,12,16-17,29H,8-10H2,1-3H3,(H2,25,26,27,28);4-6,9,12,16-17,29H,7-8,10H2,1-3H3,(H2,25,26,27,28);4-7,12,16-17,29H,8-10H2,1-3H3,(H2,25,26,27,28);3-7,10,14-15,27H,8,11H2,1-2H3,(H2,23,24,25,26)/t3*16-,17+;14-,15+/m1111/s1. The molecule has 24 nitrogen and oxygen atoms in total. The lowest BCUT2D eigenvalue weighted by molar-refractivity contribution is -0.0512. The minimum Gasteiger partial charge on any atom is -0.392 e. The van der Waals surface area contributed by atoms with Crippen molar-refractivity contribution < 1.29 is 55.5 Å². The molecule has 4 heterocycles. The highest BCUT2D eigenvalue weighted by molar-refractivity contribution is 5.58. The van der Waals surface area contributed by atoms with Crippen LogP contribution in [0.15, 0.2) is 128 Å². The van der Waals surface area contributed by atoms with Gasteiger partial charge in [0.15, 0.2) is 0 Å². The average molecular weight is 1580 g/mol. The second-order valence-electron chi connectivity index (χ2n) is 31.5. The van der Waals surface area contributed by atoms with E-state index in [2.05, 4.69) is 101 Å². The molecule has 0 aliphatic heterocycles. The minimum absolute atomic E-state index is 0.00443. The minimum atomic E-state index is -3.09. The number of anilines is 8. The predicted octanol–water partition coefficient (Wildman–Crippen LogP) is 14.2. The lowest BCUT2D eigenvalue weighted by atomic mass is 9.64. The first-order valence-corrected chi connectivity index (χ1v) is 37.2. The van der Waals surface area contributed by atoms with Gasteiger partial charge < -0.3 is 63.0 Å². The van der Waals surface area contributed by atoms with Gasteiger partial charge in [-0.2, -0.15) is 49.8 Å². The van der Waals surface area contributed by atoms with Crippen molar-refractivity contribution in [1.29, 1.82) is 21.0 Å². The number of nitriles is 4. The zero-order valence-corrected chi connectivity index (χ0v) is 65.2. The van der Waals surface area contributed by atoms with E-state index in [0.29, 0.717) is 122 Å². The van der Waals surface area contributed by atoms with Crippen molar-refractivity contribution in [3.8, 4) is 24.3 Å². The molecular weight excluding hydrogens is 1480 g/mol.